The Hall–Kier alpha value is -0.340. The molecule has 1 N–H and O–H groups in total. The smallest absolute Gasteiger partial charge is 0.0688 e. The fraction of sp³-hybridized carbons (Fsp3) is 0.882. The van der Waals surface area contributed by atoms with E-state index >= 15 is 0 Å². The van der Waals surface area contributed by atoms with Crippen molar-refractivity contribution in [1.82, 2.24) is 5.32 Å². The molecule has 1 unspecified atom stereocenters. The van der Waals surface area contributed by atoms with Crippen molar-refractivity contribution in [3.8, 4) is 0 Å². The van der Waals surface area contributed by atoms with E-state index in [-0.39, 0.29) is 5.60 Å². The minimum atomic E-state index is 0.267. The van der Waals surface area contributed by atoms with Crippen LogP contribution in [0.1, 0.15) is 58.8 Å². The summed E-state index contributed by atoms with van der Waals surface area (Å²) in [6.07, 6.45) is 13.8. The minimum absolute atomic E-state index is 0.267. The van der Waals surface area contributed by atoms with Crippen LogP contribution in [0.3, 0.4) is 0 Å². The molecule has 0 aromatic carbocycles. The first-order valence-corrected chi connectivity index (χ1v) is 8.21. The molecule has 1 aliphatic heterocycles. The van der Waals surface area contributed by atoms with E-state index in [9.17, 15) is 0 Å². The standard InChI is InChI=1S/C17H31NO/c1-15(2)14-18-11-6-3-7-16-8-12-19-17(13-16)9-4-5-10-17/h3,7,15-16,18H,4-6,8-14H2,1-2H3. The number of nitrogens with one attached hydrogen (secondary N) is 1. The summed E-state index contributed by atoms with van der Waals surface area (Å²) in [5.74, 6) is 1.51. The van der Waals surface area contributed by atoms with Gasteiger partial charge in [-0.1, -0.05) is 38.8 Å². The lowest BCUT2D eigenvalue weighted by Crippen LogP contribution is -2.36. The third-order valence-corrected chi connectivity index (χ3v) is 4.49. The van der Waals surface area contributed by atoms with Crippen molar-refractivity contribution < 1.29 is 4.74 Å². The molecule has 1 saturated heterocycles. The highest BCUT2D eigenvalue weighted by atomic mass is 16.5. The maximum absolute atomic E-state index is 6.08. The molecule has 2 nitrogen and oxygen atoms in total. The quantitative estimate of drug-likeness (QED) is 0.580. The van der Waals surface area contributed by atoms with Crippen LogP contribution in [0, 0.1) is 11.8 Å². The Morgan fingerprint density at radius 2 is 2.11 bits per heavy atom. The lowest BCUT2D eigenvalue weighted by molar-refractivity contribution is -0.0853. The fourth-order valence-corrected chi connectivity index (χ4v) is 3.46. The van der Waals surface area contributed by atoms with Crippen molar-refractivity contribution in [3.05, 3.63) is 12.2 Å². The lowest BCUT2D eigenvalue weighted by Gasteiger charge is -2.37. The van der Waals surface area contributed by atoms with Crippen molar-refractivity contribution in [2.45, 2.75) is 64.4 Å². The first kappa shape index (κ1) is 15.1. The Morgan fingerprint density at radius 1 is 1.32 bits per heavy atom. The molecule has 1 saturated carbocycles. The van der Waals surface area contributed by atoms with E-state index in [2.05, 4.69) is 31.3 Å². The molecular formula is C17H31NO. The van der Waals surface area contributed by atoms with Gasteiger partial charge in [0, 0.05) is 6.61 Å². The van der Waals surface area contributed by atoms with Crippen molar-refractivity contribution in [2.24, 2.45) is 11.8 Å². The number of hydrogen-bond acceptors (Lipinski definition) is 2. The molecule has 2 aliphatic rings. The molecule has 0 amide bonds. The molecule has 110 valence electrons. The van der Waals surface area contributed by atoms with E-state index in [1.54, 1.807) is 0 Å². The molecular weight excluding hydrogens is 234 g/mol. The Morgan fingerprint density at radius 3 is 2.84 bits per heavy atom. The van der Waals surface area contributed by atoms with Gasteiger partial charge in [0.05, 0.1) is 5.60 Å². The van der Waals surface area contributed by atoms with Gasteiger partial charge in [-0.15, -0.1) is 0 Å². The summed E-state index contributed by atoms with van der Waals surface area (Å²) in [5.41, 5.74) is 0.267. The summed E-state index contributed by atoms with van der Waals surface area (Å²) in [6, 6.07) is 0. The predicted octanol–water partition coefficient (Wildman–Crippen LogP) is 3.92. The Labute approximate surface area is 119 Å². The SMILES string of the molecule is CC(C)CNCCC=CC1CCOC2(CCCC2)C1. The van der Waals surface area contributed by atoms with Crippen molar-refractivity contribution >= 4 is 0 Å². The maximum Gasteiger partial charge on any atom is 0.0688 e. The van der Waals surface area contributed by atoms with E-state index < -0.39 is 0 Å². The first-order chi connectivity index (χ1) is 9.20. The highest BCUT2D eigenvalue weighted by Crippen LogP contribution is 2.42. The van der Waals surface area contributed by atoms with Crippen molar-refractivity contribution in [2.75, 3.05) is 19.7 Å². The Kier molecular flexibility index (Phi) is 5.90. The molecule has 0 bridgehead atoms. The van der Waals surface area contributed by atoms with Gasteiger partial charge in [-0.25, -0.2) is 0 Å². The molecule has 2 rings (SSSR count). The summed E-state index contributed by atoms with van der Waals surface area (Å²) in [4.78, 5) is 0. The maximum atomic E-state index is 6.08. The van der Waals surface area contributed by atoms with Crippen molar-refractivity contribution in [3.63, 3.8) is 0 Å². The topological polar surface area (TPSA) is 21.3 Å². The molecule has 1 heterocycles. The fourth-order valence-electron chi connectivity index (χ4n) is 3.46. The van der Waals surface area contributed by atoms with Crippen LogP contribution in [0.2, 0.25) is 0 Å². The minimum Gasteiger partial charge on any atom is -0.375 e. The van der Waals surface area contributed by atoms with Gasteiger partial charge in [0.25, 0.3) is 0 Å². The molecule has 19 heavy (non-hydrogen) atoms. The van der Waals surface area contributed by atoms with Gasteiger partial charge in [-0.05, 0) is 57.0 Å². The van der Waals surface area contributed by atoms with Crippen LogP contribution < -0.4 is 5.32 Å². The van der Waals surface area contributed by atoms with E-state index in [4.69, 9.17) is 4.74 Å². The molecule has 0 aromatic rings. The second-order valence-electron chi connectivity index (χ2n) is 6.81. The number of allylic oxidation sites excluding steroid dienone is 1. The Balaban J connectivity index is 1.64. The van der Waals surface area contributed by atoms with Gasteiger partial charge in [-0.3, -0.25) is 0 Å². The zero-order chi connectivity index (χ0) is 13.6. The van der Waals surface area contributed by atoms with E-state index in [0.717, 1.165) is 38.0 Å². The van der Waals surface area contributed by atoms with Gasteiger partial charge in [-0.2, -0.15) is 0 Å². The monoisotopic (exact) mass is 265 g/mol. The van der Waals surface area contributed by atoms with Gasteiger partial charge in [0.2, 0.25) is 0 Å². The molecule has 0 aromatic heterocycles. The summed E-state index contributed by atoms with van der Waals surface area (Å²) < 4.78 is 6.08. The van der Waals surface area contributed by atoms with Crippen LogP contribution in [0.15, 0.2) is 12.2 Å². The zero-order valence-electron chi connectivity index (χ0n) is 12.8. The largest absolute Gasteiger partial charge is 0.375 e. The van der Waals surface area contributed by atoms with Gasteiger partial charge in [0.1, 0.15) is 0 Å². The van der Waals surface area contributed by atoms with Gasteiger partial charge < -0.3 is 10.1 Å². The average Bonchev–Trinajstić information content (AvgIpc) is 2.81. The Bertz CT molecular complexity index is 279. The number of ether oxygens (including phenoxy) is 1. The highest BCUT2D eigenvalue weighted by molar-refractivity contribution is 4.98. The predicted molar refractivity (Wildman–Crippen MR) is 81.3 cm³/mol. The molecule has 1 aliphatic carbocycles. The van der Waals surface area contributed by atoms with Gasteiger partial charge in [0.15, 0.2) is 0 Å². The molecule has 2 heteroatoms. The second-order valence-corrected chi connectivity index (χ2v) is 6.81. The summed E-state index contributed by atoms with van der Waals surface area (Å²) in [7, 11) is 0. The highest BCUT2D eigenvalue weighted by Gasteiger charge is 2.38. The van der Waals surface area contributed by atoms with Crippen LogP contribution in [0.4, 0.5) is 0 Å². The number of rotatable bonds is 6. The van der Waals surface area contributed by atoms with Crippen LogP contribution in [0.5, 0.6) is 0 Å². The first-order valence-electron chi connectivity index (χ1n) is 8.21. The molecule has 1 spiro atoms. The third kappa shape index (κ3) is 4.92. The van der Waals surface area contributed by atoms with Crippen LogP contribution >= 0.6 is 0 Å². The van der Waals surface area contributed by atoms with E-state index in [0.29, 0.717) is 0 Å². The van der Waals surface area contributed by atoms with E-state index in [1.165, 1.54) is 38.5 Å². The van der Waals surface area contributed by atoms with E-state index in [1.807, 2.05) is 0 Å². The average molecular weight is 265 g/mol. The normalized spacial score (nSPS) is 26.8. The molecule has 0 radical (unpaired) electrons. The lowest BCUT2D eigenvalue weighted by atomic mass is 9.84. The van der Waals surface area contributed by atoms with Crippen LogP contribution in [-0.2, 0) is 4.74 Å². The molecule has 1 atom stereocenters. The summed E-state index contributed by atoms with van der Waals surface area (Å²) >= 11 is 0. The van der Waals surface area contributed by atoms with Crippen LogP contribution in [0.25, 0.3) is 0 Å². The second kappa shape index (κ2) is 7.44. The molecule has 2 fully saturated rings. The summed E-state index contributed by atoms with van der Waals surface area (Å²) in [6.45, 7) is 7.73. The van der Waals surface area contributed by atoms with Crippen molar-refractivity contribution in [1.29, 1.82) is 0 Å². The van der Waals surface area contributed by atoms with Gasteiger partial charge >= 0.3 is 0 Å². The number of hydrogen-bond donors (Lipinski definition) is 1. The zero-order valence-corrected chi connectivity index (χ0v) is 12.8. The van der Waals surface area contributed by atoms with Crippen LogP contribution in [-0.4, -0.2) is 25.3 Å². The third-order valence-electron chi connectivity index (χ3n) is 4.49. The summed E-state index contributed by atoms with van der Waals surface area (Å²) in [5, 5.41) is 3.50.